The fraction of sp³-hybridized carbons (Fsp3) is 0.588. The van der Waals surface area contributed by atoms with Crippen molar-refractivity contribution in [1.29, 1.82) is 0 Å². The van der Waals surface area contributed by atoms with E-state index in [0.717, 1.165) is 25.7 Å². The average molecular weight is 316 g/mol. The summed E-state index contributed by atoms with van der Waals surface area (Å²) in [6.07, 6.45) is 5.22. The molecule has 0 atom stereocenters. The fourth-order valence-corrected chi connectivity index (χ4v) is 3.66. The van der Waals surface area contributed by atoms with E-state index in [9.17, 15) is 9.59 Å². The molecule has 124 valence electrons. The van der Waals surface area contributed by atoms with Crippen LogP contribution in [0.25, 0.3) is 11.0 Å². The number of nitrogen functional groups attached to an aromatic ring is 1. The molecule has 0 aliphatic heterocycles. The number of rotatable bonds is 1. The van der Waals surface area contributed by atoms with Crippen LogP contribution in [0.3, 0.4) is 0 Å². The van der Waals surface area contributed by atoms with E-state index in [-0.39, 0.29) is 22.7 Å². The van der Waals surface area contributed by atoms with Crippen LogP contribution in [0.1, 0.15) is 52.5 Å². The molecule has 23 heavy (non-hydrogen) atoms. The lowest BCUT2D eigenvalue weighted by Crippen LogP contribution is -2.40. The standard InChI is InChI=1S/C17H24N4O2/c1-17(2,3)10-4-6-12(7-5-10)21-15(22)13-8-11(18)9-19-14(13)20-16(21)23/h8-10,12H,4-7,18H2,1-3H3,(H,19,20,23)/t10-,12-. The Morgan fingerprint density at radius 1 is 1.22 bits per heavy atom. The summed E-state index contributed by atoms with van der Waals surface area (Å²) in [4.78, 5) is 31.8. The van der Waals surface area contributed by atoms with Crippen LogP contribution in [0.2, 0.25) is 0 Å². The second-order valence-electron chi connectivity index (χ2n) is 7.64. The van der Waals surface area contributed by atoms with Crippen molar-refractivity contribution >= 4 is 16.7 Å². The van der Waals surface area contributed by atoms with Crippen LogP contribution in [-0.4, -0.2) is 14.5 Å². The predicted octanol–water partition coefficient (Wildman–Crippen LogP) is 2.44. The second kappa shape index (κ2) is 5.51. The molecule has 6 nitrogen and oxygen atoms in total. The van der Waals surface area contributed by atoms with Crippen molar-refractivity contribution < 1.29 is 0 Å². The summed E-state index contributed by atoms with van der Waals surface area (Å²) in [5, 5.41) is 0.377. The van der Waals surface area contributed by atoms with Crippen molar-refractivity contribution in [2.45, 2.75) is 52.5 Å². The van der Waals surface area contributed by atoms with Gasteiger partial charge < -0.3 is 5.73 Å². The summed E-state index contributed by atoms with van der Waals surface area (Å²) in [6, 6.07) is 1.54. The van der Waals surface area contributed by atoms with Crippen LogP contribution in [0, 0.1) is 11.3 Å². The maximum Gasteiger partial charge on any atom is 0.330 e. The van der Waals surface area contributed by atoms with Crippen LogP contribution < -0.4 is 17.0 Å². The SMILES string of the molecule is CC(C)(C)[C@H]1CC[C@H](n2c(=O)[nH]c3ncc(N)cc3c2=O)CC1. The molecule has 0 amide bonds. The van der Waals surface area contributed by atoms with Crippen molar-refractivity contribution in [3.63, 3.8) is 0 Å². The smallest absolute Gasteiger partial charge is 0.330 e. The minimum Gasteiger partial charge on any atom is -0.397 e. The number of aromatic amines is 1. The zero-order valence-electron chi connectivity index (χ0n) is 13.9. The molecule has 1 aliphatic rings. The third-order valence-corrected chi connectivity index (χ3v) is 5.09. The molecule has 0 aromatic carbocycles. The van der Waals surface area contributed by atoms with Gasteiger partial charge in [-0.15, -0.1) is 0 Å². The summed E-state index contributed by atoms with van der Waals surface area (Å²) < 4.78 is 1.36. The lowest BCUT2D eigenvalue weighted by atomic mass is 9.71. The first-order valence-electron chi connectivity index (χ1n) is 8.17. The van der Waals surface area contributed by atoms with Gasteiger partial charge in [0.05, 0.1) is 17.3 Å². The number of aromatic nitrogens is 3. The van der Waals surface area contributed by atoms with Gasteiger partial charge in [0.25, 0.3) is 5.56 Å². The number of hydrogen-bond acceptors (Lipinski definition) is 4. The molecule has 1 saturated carbocycles. The Morgan fingerprint density at radius 2 is 1.87 bits per heavy atom. The summed E-state index contributed by atoms with van der Waals surface area (Å²) in [6.45, 7) is 6.75. The van der Waals surface area contributed by atoms with E-state index in [1.165, 1.54) is 10.8 Å². The Hall–Kier alpha value is -2.11. The van der Waals surface area contributed by atoms with Gasteiger partial charge in [0, 0.05) is 6.04 Å². The van der Waals surface area contributed by atoms with Gasteiger partial charge in [-0.3, -0.25) is 14.3 Å². The first-order chi connectivity index (χ1) is 10.8. The highest BCUT2D eigenvalue weighted by Crippen LogP contribution is 2.40. The van der Waals surface area contributed by atoms with Gasteiger partial charge in [-0.25, -0.2) is 9.78 Å². The van der Waals surface area contributed by atoms with Crippen LogP contribution in [0.15, 0.2) is 21.9 Å². The monoisotopic (exact) mass is 316 g/mol. The van der Waals surface area contributed by atoms with Gasteiger partial charge in [-0.1, -0.05) is 20.8 Å². The molecule has 0 spiro atoms. The Kier molecular flexibility index (Phi) is 3.78. The molecule has 2 heterocycles. The van der Waals surface area contributed by atoms with Crippen molar-refractivity contribution in [3.8, 4) is 0 Å². The first-order valence-corrected chi connectivity index (χ1v) is 8.17. The van der Waals surface area contributed by atoms with Gasteiger partial charge in [0.1, 0.15) is 5.65 Å². The van der Waals surface area contributed by atoms with Crippen LogP contribution in [0.4, 0.5) is 5.69 Å². The summed E-state index contributed by atoms with van der Waals surface area (Å²) in [5.41, 5.74) is 6.05. The molecule has 2 aromatic rings. The molecular formula is C17H24N4O2. The van der Waals surface area contributed by atoms with Crippen LogP contribution >= 0.6 is 0 Å². The van der Waals surface area contributed by atoms with E-state index in [2.05, 4.69) is 30.7 Å². The third-order valence-electron chi connectivity index (χ3n) is 5.09. The summed E-state index contributed by atoms with van der Waals surface area (Å²) >= 11 is 0. The van der Waals surface area contributed by atoms with E-state index >= 15 is 0 Å². The second-order valence-corrected chi connectivity index (χ2v) is 7.64. The Balaban J connectivity index is 1.98. The lowest BCUT2D eigenvalue weighted by molar-refractivity contribution is 0.149. The molecule has 3 N–H and O–H groups in total. The van der Waals surface area contributed by atoms with E-state index in [0.29, 0.717) is 22.6 Å². The number of nitrogens with zero attached hydrogens (tertiary/aromatic N) is 2. The molecular weight excluding hydrogens is 292 g/mol. The minimum absolute atomic E-state index is 0.0457. The lowest BCUT2D eigenvalue weighted by Gasteiger charge is -2.37. The number of fused-ring (bicyclic) bond motifs is 1. The van der Waals surface area contributed by atoms with Gasteiger partial charge in [-0.2, -0.15) is 0 Å². The van der Waals surface area contributed by atoms with Gasteiger partial charge >= 0.3 is 5.69 Å². The molecule has 0 radical (unpaired) electrons. The van der Waals surface area contributed by atoms with Crippen LogP contribution in [0.5, 0.6) is 0 Å². The summed E-state index contributed by atoms with van der Waals surface area (Å²) in [5.74, 6) is 0.631. The van der Waals surface area contributed by atoms with Crippen LogP contribution in [-0.2, 0) is 0 Å². The number of hydrogen-bond donors (Lipinski definition) is 2. The normalized spacial score (nSPS) is 22.4. The molecule has 3 rings (SSSR count). The van der Waals surface area contributed by atoms with Gasteiger partial charge in [0.15, 0.2) is 0 Å². The molecule has 1 aliphatic carbocycles. The molecule has 1 fully saturated rings. The van der Waals surface area contributed by atoms with Crippen molar-refractivity contribution in [2.24, 2.45) is 11.3 Å². The quantitative estimate of drug-likeness (QED) is 0.845. The Labute approximate surface area is 134 Å². The van der Waals surface area contributed by atoms with Crippen molar-refractivity contribution in [2.75, 3.05) is 5.73 Å². The molecule has 2 aromatic heterocycles. The number of H-pyrrole nitrogens is 1. The zero-order valence-corrected chi connectivity index (χ0v) is 13.9. The number of nitrogens with one attached hydrogen (secondary N) is 1. The van der Waals surface area contributed by atoms with E-state index in [1.54, 1.807) is 6.07 Å². The molecule has 0 saturated heterocycles. The topological polar surface area (TPSA) is 93.8 Å². The number of pyridine rings is 1. The number of anilines is 1. The predicted molar refractivity (Wildman–Crippen MR) is 91.5 cm³/mol. The zero-order chi connectivity index (χ0) is 16.8. The highest BCUT2D eigenvalue weighted by molar-refractivity contribution is 5.76. The maximum atomic E-state index is 12.7. The Bertz CT molecular complexity index is 836. The highest BCUT2D eigenvalue weighted by Gasteiger charge is 2.31. The van der Waals surface area contributed by atoms with Crippen molar-refractivity contribution in [3.05, 3.63) is 33.1 Å². The van der Waals surface area contributed by atoms with E-state index in [4.69, 9.17) is 5.73 Å². The summed E-state index contributed by atoms with van der Waals surface area (Å²) in [7, 11) is 0. The van der Waals surface area contributed by atoms with Crippen molar-refractivity contribution in [1.82, 2.24) is 14.5 Å². The third kappa shape index (κ3) is 2.90. The highest BCUT2D eigenvalue weighted by atomic mass is 16.2. The molecule has 0 bridgehead atoms. The first kappa shape index (κ1) is 15.8. The molecule has 0 unspecified atom stereocenters. The fourth-order valence-electron chi connectivity index (χ4n) is 3.66. The van der Waals surface area contributed by atoms with E-state index in [1.807, 2.05) is 0 Å². The minimum atomic E-state index is -0.376. The average Bonchev–Trinajstić information content (AvgIpc) is 2.48. The van der Waals surface area contributed by atoms with E-state index < -0.39 is 0 Å². The van der Waals surface area contributed by atoms with Gasteiger partial charge in [-0.05, 0) is 43.1 Å². The largest absolute Gasteiger partial charge is 0.397 e. The van der Waals surface area contributed by atoms with Gasteiger partial charge in [0.2, 0.25) is 0 Å². The maximum absolute atomic E-state index is 12.7. The Morgan fingerprint density at radius 3 is 2.48 bits per heavy atom. The molecule has 6 heteroatoms. The number of nitrogens with two attached hydrogens (primary N) is 1.